The van der Waals surface area contributed by atoms with Crippen LogP contribution in [0.4, 0.5) is 5.69 Å². The number of hydrogen-bond donors (Lipinski definition) is 2. The standard InChI is InChI=1S/C16H18N2/c1-4-8-12-11-16(18-14(12)5-2)13-9-6-7-10-15(13)17-3/h4-11,17-18H,2H2,1,3H3/b8-4-. The van der Waals surface area contributed by atoms with Crippen molar-refractivity contribution in [2.75, 3.05) is 12.4 Å². The molecule has 1 heterocycles. The summed E-state index contributed by atoms with van der Waals surface area (Å²) in [4.78, 5) is 3.40. The first-order chi connectivity index (χ1) is 8.80. The summed E-state index contributed by atoms with van der Waals surface area (Å²) in [6, 6.07) is 10.4. The Morgan fingerprint density at radius 3 is 2.72 bits per heavy atom. The molecular formula is C16H18N2. The van der Waals surface area contributed by atoms with Crippen LogP contribution in [0.1, 0.15) is 18.2 Å². The number of H-pyrrole nitrogens is 1. The summed E-state index contributed by atoms with van der Waals surface area (Å²) < 4.78 is 0. The number of benzene rings is 1. The molecule has 2 aromatic rings. The normalized spacial score (nSPS) is 10.8. The van der Waals surface area contributed by atoms with Crippen LogP contribution in [-0.2, 0) is 0 Å². The monoisotopic (exact) mass is 238 g/mol. The second-order valence-electron chi connectivity index (χ2n) is 4.05. The minimum absolute atomic E-state index is 1.05. The minimum Gasteiger partial charge on any atom is -0.388 e. The van der Waals surface area contributed by atoms with Gasteiger partial charge in [-0.15, -0.1) is 0 Å². The van der Waals surface area contributed by atoms with Gasteiger partial charge in [0.15, 0.2) is 0 Å². The summed E-state index contributed by atoms with van der Waals surface area (Å²) in [6.45, 7) is 5.86. The smallest absolute Gasteiger partial charge is 0.0485 e. The molecule has 0 saturated heterocycles. The lowest BCUT2D eigenvalue weighted by atomic mass is 10.1. The Balaban J connectivity index is 2.54. The Labute approximate surface area is 108 Å². The molecule has 1 aromatic heterocycles. The zero-order chi connectivity index (χ0) is 13.0. The molecule has 0 aliphatic heterocycles. The zero-order valence-corrected chi connectivity index (χ0v) is 10.8. The van der Waals surface area contributed by atoms with Crippen LogP contribution in [0.3, 0.4) is 0 Å². The van der Waals surface area contributed by atoms with Crippen LogP contribution in [0.2, 0.25) is 0 Å². The number of anilines is 1. The molecule has 0 atom stereocenters. The van der Waals surface area contributed by atoms with Crippen molar-refractivity contribution in [3.05, 3.63) is 54.2 Å². The molecule has 2 rings (SSSR count). The number of para-hydroxylation sites is 1. The van der Waals surface area contributed by atoms with E-state index in [0.29, 0.717) is 0 Å². The van der Waals surface area contributed by atoms with Gasteiger partial charge in [-0.2, -0.15) is 0 Å². The lowest BCUT2D eigenvalue weighted by Crippen LogP contribution is -1.91. The summed E-state index contributed by atoms with van der Waals surface area (Å²) in [5.41, 5.74) is 5.59. The van der Waals surface area contributed by atoms with Crippen molar-refractivity contribution in [1.29, 1.82) is 0 Å². The Bertz CT molecular complexity index is 577. The molecule has 0 saturated carbocycles. The van der Waals surface area contributed by atoms with E-state index < -0.39 is 0 Å². The fourth-order valence-corrected chi connectivity index (χ4v) is 2.05. The number of aromatic nitrogens is 1. The quantitative estimate of drug-likeness (QED) is 0.811. The lowest BCUT2D eigenvalue weighted by molar-refractivity contribution is 1.36. The molecule has 0 aliphatic carbocycles. The van der Waals surface area contributed by atoms with Gasteiger partial charge >= 0.3 is 0 Å². The van der Waals surface area contributed by atoms with Crippen molar-refractivity contribution in [3.63, 3.8) is 0 Å². The van der Waals surface area contributed by atoms with Gasteiger partial charge in [0, 0.05) is 29.7 Å². The maximum atomic E-state index is 3.84. The second-order valence-corrected chi connectivity index (χ2v) is 4.05. The van der Waals surface area contributed by atoms with E-state index in [1.54, 1.807) is 0 Å². The molecular weight excluding hydrogens is 220 g/mol. The van der Waals surface area contributed by atoms with Gasteiger partial charge in [0.05, 0.1) is 0 Å². The molecule has 2 N–H and O–H groups in total. The summed E-state index contributed by atoms with van der Waals surface area (Å²) in [5, 5.41) is 3.21. The van der Waals surface area contributed by atoms with Gasteiger partial charge in [0.1, 0.15) is 0 Å². The largest absolute Gasteiger partial charge is 0.388 e. The Hall–Kier alpha value is -2.22. The average molecular weight is 238 g/mol. The molecule has 0 spiro atoms. The Morgan fingerprint density at radius 1 is 1.28 bits per heavy atom. The van der Waals surface area contributed by atoms with Gasteiger partial charge in [0.2, 0.25) is 0 Å². The molecule has 92 valence electrons. The van der Waals surface area contributed by atoms with E-state index in [0.717, 1.165) is 22.6 Å². The third-order valence-corrected chi connectivity index (χ3v) is 2.92. The third-order valence-electron chi connectivity index (χ3n) is 2.92. The van der Waals surface area contributed by atoms with Crippen molar-refractivity contribution in [1.82, 2.24) is 4.98 Å². The highest BCUT2D eigenvalue weighted by molar-refractivity contribution is 5.79. The van der Waals surface area contributed by atoms with Gasteiger partial charge < -0.3 is 10.3 Å². The third kappa shape index (κ3) is 2.23. The second kappa shape index (κ2) is 5.41. The van der Waals surface area contributed by atoms with E-state index in [2.05, 4.69) is 41.2 Å². The zero-order valence-electron chi connectivity index (χ0n) is 10.8. The molecule has 0 amide bonds. The summed E-state index contributed by atoms with van der Waals surface area (Å²) >= 11 is 0. The molecule has 18 heavy (non-hydrogen) atoms. The number of rotatable bonds is 4. The van der Waals surface area contributed by atoms with Gasteiger partial charge in [-0.3, -0.25) is 0 Å². The average Bonchev–Trinajstić information content (AvgIpc) is 2.82. The number of nitrogens with one attached hydrogen (secondary N) is 2. The topological polar surface area (TPSA) is 27.8 Å². The van der Waals surface area contributed by atoms with Crippen LogP contribution in [0, 0.1) is 0 Å². The highest BCUT2D eigenvalue weighted by atomic mass is 14.8. The van der Waals surface area contributed by atoms with Crippen molar-refractivity contribution in [3.8, 4) is 11.3 Å². The summed E-state index contributed by atoms with van der Waals surface area (Å²) in [7, 11) is 1.93. The molecule has 0 fully saturated rings. The molecule has 2 heteroatoms. The van der Waals surface area contributed by atoms with Crippen LogP contribution >= 0.6 is 0 Å². The van der Waals surface area contributed by atoms with Crippen molar-refractivity contribution in [2.24, 2.45) is 0 Å². The van der Waals surface area contributed by atoms with Gasteiger partial charge in [-0.1, -0.05) is 36.9 Å². The fourth-order valence-electron chi connectivity index (χ4n) is 2.05. The van der Waals surface area contributed by atoms with Crippen LogP contribution in [0.15, 0.2) is 43.0 Å². The number of aromatic amines is 1. The first-order valence-corrected chi connectivity index (χ1v) is 6.05. The van der Waals surface area contributed by atoms with Crippen molar-refractivity contribution in [2.45, 2.75) is 6.92 Å². The van der Waals surface area contributed by atoms with E-state index in [1.807, 2.05) is 38.3 Å². The lowest BCUT2D eigenvalue weighted by Gasteiger charge is -2.06. The SMILES string of the molecule is C=Cc1[nH]c(-c2ccccc2NC)cc1/C=C\C. The van der Waals surface area contributed by atoms with Crippen molar-refractivity contribution < 1.29 is 0 Å². The predicted molar refractivity (Wildman–Crippen MR) is 80.6 cm³/mol. The first kappa shape index (κ1) is 12.2. The highest BCUT2D eigenvalue weighted by Gasteiger charge is 2.08. The van der Waals surface area contributed by atoms with E-state index in [1.165, 1.54) is 5.56 Å². The molecule has 1 aromatic carbocycles. The van der Waals surface area contributed by atoms with Crippen LogP contribution < -0.4 is 5.32 Å². The molecule has 0 aliphatic rings. The van der Waals surface area contributed by atoms with Gasteiger partial charge in [0.25, 0.3) is 0 Å². The molecule has 0 unspecified atom stereocenters. The Kier molecular flexibility index (Phi) is 3.68. The van der Waals surface area contributed by atoms with Crippen LogP contribution in [-0.4, -0.2) is 12.0 Å². The first-order valence-electron chi connectivity index (χ1n) is 6.05. The van der Waals surface area contributed by atoms with Crippen LogP contribution in [0.25, 0.3) is 23.4 Å². The van der Waals surface area contributed by atoms with E-state index in [-0.39, 0.29) is 0 Å². The Morgan fingerprint density at radius 2 is 2.06 bits per heavy atom. The number of allylic oxidation sites excluding steroid dienone is 1. The molecule has 0 bridgehead atoms. The van der Waals surface area contributed by atoms with Gasteiger partial charge in [-0.25, -0.2) is 0 Å². The van der Waals surface area contributed by atoms with Crippen LogP contribution in [0.5, 0.6) is 0 Å². The molecule has 0 radical (unpaired) electrons. The maximum Gasteiger partial charge on any atom is 0.0485 e. The van der Waals surface area contributed by atoms with Crippen molar-refractivity contribution >= 4 is 17.8 Å². The van der Waals surface area contributed by atoms with Gasteiger partial charge in [-0.05, 0) is 30.7 Å². The number of hydrogen-bond acceptors (Lipinski definition) is 1. The fraction of sp³-hybridized carbons (Fsp3) is 0.125. The predicted octanol–water partition coefficient (Wildman–Crippen LogP) is 4.40. The maximum absolute atomic E-state index is 3.84. The van der Waals surface area contributed by atoms with E-state index in [9.17, 15) is 0 Å². The van der Waals surface area contributed by atoms with E-state index in [4.69, 9.17) is 0 Å². The molecule has 2 nitrogen and oxygen atoms in total. The van der Waals surface area contributed by atoms with E-state index >= 15 is 0 Å². The minimum atomic E-state index is 1.05. The summed E-state index contributed by atoms with van der Waals surface area (Å²) in [6.07, 6.45) is 5.96. The summed E-state index contributed by atoms with van der Waals surface area (Å²) in [5.74, 6) is 0. The highest BCUT2D eigenvalue weighted by Crippen LogP contribution is 2.29.